The molecule has 6 heteroatoms. The van der Waals surface area contributed by atoms with Gasteiger partial charge in [0.1, 0.15) is 0 Å². The Balaban J connectivity index is 2.17. The highest BCUT2D eigenvalue weighted by atomic mass is 16.3. The number of aliphatic hydroxyl groups is 1. The summed E-state index contributed by atoms with van der Waals surface area (Å²) in [5.41, 5.74) is 6.54. The van der Waals surface area contributed by atoms with E-state index in [1.54, 1.807) is 18.2 Å². The average Bonchev–Trinajstić information content (AvgIpc) is 2.39. The summed E-state index contributed by atoms with van der Waals surface area (Å²) in [6.07, 6.45) is 0.988. The van der Waals surface area contributed by atoms with E-state index in [9.17, 15) is 9.90 Å². The van der Waals surface area contributed by atoms with Gasteiger partial charge < -0.3 is 16.2 Å². The lowest BCUT2D eigenvalue weighted by Gasteiger charge is -2.09. The molecule has 0 saturated heterocycles. The van der Waals surface area contributed by atoms with Crippen LogP contribution in [0.3, 0.4) is 0 Å². The SMILES string of the molecule is CCC(O)CCNc1nc2ccc(N)cc2c(=O)[nH]1. The van der Waals surface area contributed by atoms with E-state index < -0.39 is 0 Å². The minimum absolute atomic E-state index is 0.226. The fraction of sp³-hybridized carbons (Fsp3) is 0.385. The molecule has 2 rings (SSSR count). The molecule has 0 aliphatic heterocycles. The highest BCUT2D eigenvalue weighted by Gasteiger charge is 2.05. The van der Waals surface area contributed by atoms with Crippen LogP contribution in [0.2, 0.25) is 0 Å². The molecular weight excluding hydrogens is 244 g/mol. The summed E-state index contributed by atoms with van der Waals surface area (Å²) in [4.78, 5) is 18.8. The molecule has 0 fully saturated rings. The lowest BCUT2D eigenvalue weighted by atomic mass is 10.2. The third-order valence-corrected chi connectivity index (χ3v) is 2.97. The second kappa shape index (κ2) is 5.71. The predicted octanol–water partition coefficient (Wildman–Crippen LogP) is 1.08. The lowest BCUT2D eigenvalue weighted by Crippen LogP contribution is -2.17. The molecule has 1 atom stereocenters. The van der Waals surface area contributed by atoms with Crippen molar-refractivity contribution < 1.29 is 5.11 Å². The van der Waals surface area contributed by atoms with Gasteiger partial charge in [0.2, 0.25) is 5.95 Å². The number of aliphatic hydroxyl groups excluding tert-OH is 1. The second-order valence-corrected chi connectivity index (χ2v) is 4.47. The number of hydrogen-bond donors (Lipinski definition) is 4. The molecule has 1 aromatic carbocycles. The molecule has 0 radical (unpaired) electrons. The average molecular weight is 262 g/mol. The topological polar surface area (TPSA) is 104 Å². The zero-order chi connectivity index (χ0) is 13.8. The van der Waals surface area contributed by atoms with Crippen LogP contribution in [0.25, 0.3) is 10.9 Å². The molecule has 1 heterocycles. The number of rotatable bonds is 5. The minimum atomic E-state index is -0.334. The highest BCUT2D eigenvalue weighted by molar-refractivity contribution is 5.81. The number of nitrogens with zero attached hydrogens (tertiary/aromatic N) is 1. The Labute approximate surface area is 110 Å². The summed E-state index contributed by atoms with van der Waals surface area (Å²) >= 11 is 0. The molecule has 0 spiro atoms. The van der Waals surface area contributed by atoms with Crippen LogP contribution in [0, 0.1) is 0 Å². The van der Waals surface area contributed by atoms with Gasteiger partial charge >= 0.3 is 0 Å². The van der Waals surface area contributed by atoms with Crippen LogP contribution in [0.4, 0.5) is 11.6 Å². The number of aromatic nitrogens is 2. The summed E-state index contributed by atoms with van der Waals surface area (Å²) in [5, 5.41) is 12.9. The standard InChI is InChI=1S/C13H18N4O2/c1-2-9(18)5-6-15-13-16-11-4-3-8(14)7-10(11)12(19)17-13/h3-4,7,9,18H,2,5-6,14H2,1H3,(H2,15,16,17,19). The van der Waals surface area contributed by atoms with E-state index >= 15 is 0 Å². The van der Waals surface area contributed by atoms with E-state index in [1.807, 2.05) is 6.92 Å². The fourth-order valence-electron chi connectivity index (χ4n) is 1.80. The number of H-pyrrole nitrogens is 1. The molecule has 0 aliphatic rings. The number of benzene rings is 1. The fourth-order valence-corrected chi connectivity index (χ4v) is 1.80. The van der Waals surface area contributed by atoms with Gasteiger partial charge in [-0.1, -0.05) is 6.92 Å². The van der Waals surface area contributed by atoms with Gasteiger partial charge in [-0.05, 0) is 31.0 Å². The van der Waals surface area contributed by atoms with Gasteiger partial charge in [-0.3, -0.25) is 9.78 Å². The molecular formula is C13H18N4O2. The molecule has 102 valence electrons. The summed E-state index contributed by atoms with van der Waals surface area (Å²) < 4.78 is 0. The molecule has 6 nitrogen and oxygen atoms in total. The maximum atomic E-state index is 11.9. The van der Waals surface area contributed by atoms with Crippen molar-refractivity contribution in [1.82, 2.24) is 9.97 Å². The first kappa shape index (κ1) is 13.4. The minimum Gasteiger partial charge on any atom is -0.399 e. The van der Waals surface area contributed by atoms with Crippen molar-refractivity contribution in [2.75, 3.05) is 17.6 Å². The maximum Gasteiger partial charge on any atom is 0.260 e. The zero-order valence-electron chi connectivity index (χ0n) is 10.8. The lowest BCUT2D eigenvalue weighted by molar-refractivity contribution is 0.164. The first-order chi connectivity index (χ1) is 9.10. The Morgan fingerprint density at radius 2 is 2.32 bits per heavy atom. The van der Waals surface area contributed by atoms with Gasteiger partial charge in [0.15, 0.2) is 0 Å². The van der Waals surface area contributed by atoms with Crippen LogP contribution in [0.1, 0.15) is 19.8 Å². The molecule has 0 bridgehead atoms. The Bertz CT molecular complexity index is 624. The van der Waals surface area contributed by atoms with Gasteiger partial charge in [-0.15, -0.1) is 0 Å². The smallest absolute Gasteiger partial charge is 0.260 e. The van der Waals surface area contributed by atoms with E-state index in [0.717, 1.165) is 0 Å². The van der Waals surface area contributed by atoms with Gasteiger partial charge in [0.05, 0.1) is 17.0 Å². The number of nitrogen functional groups attached to an aromatic ring is 1. The Hall–Kier alpha value is -2.08. The normalized spacial score (nSPS) is 12.5. The number of fused-ring (bicyclic) bond motifs is 1. The molecule has 2 aromatic rings. The summed E-state index contributed by atoms with van der Waals surface area (Å²) in [6, 6.07) is 5.02. The van der Waals surface area contributed by atoms with Crippen molar-refractivity contribution in [3.05, 3.63) is 28.6 Å². The number of anilines is 2. The quantitative estimate of drug-likeness (QED) is 0.604. The molecule has 1 unspecified atom stereocenters. The maximum absolute atomic E-state index is 11.9. The van der Waals surface area contributed by atoms with E-state index in [0.29, 0.717) is 41.9 Å². The van der Waals surface area contributed by atoms with Crippen molar-refractivity contribution in [2.24, 2.45) is 0 Å². The van der Waals surface area contributed by atoms with Crippen LogP contribution >= 0.6 is 0 Å². The predicted molar refractivity (Wildman–Crippen MR) is 76.2 cm³/mol. The van der Waals surface area contributed by atoms with E-state index in [1.165, 1.54) is 0 Å². The van der Waals surface area contributed by atoms with Crippen LogP contribution in [0.15, 0.2) is 23.0 Å². The number of aromatic amines is 1. The largest absolute Gasteiger partial charge is 0.399 e. The third-order valence-electron chi connectivity index (χ3n) is 2.97. The number of hydrogen-bond acceptors (Lipinski definition) is 5. The van der Waals surface area contributed by atoms with Gasteiger partial charge in [-0.25, -0.2) is 4.98 Å². The highest BCUT2D eigenvalue weighted by Crippen LogP contribution is 2.12. The van der Waals surface area contributed by atoms with Crippen LogP contribution in [0.5, 0.6) is 0 Å². The molecule has 19 heavy (non-hydrogen) atoms. The van der Waals surface area contributed by atoms with Crippen LogP contribution in [-0.4, -0.2) is 27.7 Å². The summed E-state index contributed by atoms with van der Waals surface area (Å²) in [7, 11) is 0. The van der Waals surface area contributed by atoms with E-state index in [2.05, 4.69) is 15.3 Å². The van der Waals surface area contributed by atoms with Crippen molar-refractivity contribution in [1.29, 1.82) is 0 Å². The first-order valence-corrected chi connectivity index (χ1v) is 6.31. The van der Waals surface area contributed by atoms with E-state index in [-0.39, 0.29) is 11.7 Å². The van der Waals surface area contributed by atoms with Gasteiger partial charge in [0, 0.05) is 12.2 Å². The zero-order valence-corrected chi connectivity index (χ0v) is 10.8. The molecule has 5 N–H and O–H groups in total. The molecule has 1 aromatic heterocycles. The Morgan fingerprint density at radius 3 is 3.05 bits per heavy atom. The van der Waals surface area contributed by atoms with Crippen molar-refractivity contribution >= 4 is 22.5 Å². The number of nitrogens with two attached hydrogens (primary N) is 1. The summed E-state index contributed by atoms with van der Waals surface area (Å²) in [5.74, 6) is 0.408. The molecule has 0 aliphatic carbocycles. The molecule has 0 saturated carbocycles. The van der Waals surface area contributed by atoms with Gasteiger partial charge in [0.25, 0.3) is 5.56 Å². The van der Waals surface area contributed by atoms with Gasteiger partial charge in [-0.2, -0.15) is 0 Å². The van der Waals surface area contributed by atoms with E-state index in [4.69, 9.17) is 5.73 Å². The number of nitrogens with one attached hydrogen (secondary N) is 2. The van der Waals surface area contributed by atoms with Crippen molar-refractivity contribution in [3.8, 4) is 0 Å². The second-order valence-electron chi connectivity index (χ2n) is 4.47. The van der Waals surface area contributed by atoms with Crippen molar-refractivity contribution in [2.45, 2.75) is 25.9 Å². The monoisotopic (exact) mass is 262 g/mol. The van der Waals surface area contributed by atoms with Crippen molar-refractivity contribution in [3.63, 3.8) is 0 Å². The first-order valence-electron chi connectivity index (χ1n) is 6.31. The van der Waals surface area contributed by atoms with Crippen LogP contribution in [-0.2, 0) is 0 Å². The molecule has 0 amide bonds. The third kappa shape index (κ3) is 3.23. The van der Waals surface area contributed by atoms with Crippen LogP contribution < -0.4 is 16.6 Å². The summed E-state index contributed by atoms with van der Waals surface area (Å²) in [6.45, 7) is 2.48. The Morgan fingerprint density at radius 1 is 1.53 bits per heavy atom. The Kier molecular flexibility index (Phi) is 4.01.